The lowest BCUT2D eigenvalue weighted by molar-refractivity contribution is 0.0942. The Bertz CT molecular complexity index is 409. The number of rotatable bonds is 5. The Morgan fingerprint density at radius 2 is 2.16 bits per heavy atom. The van der Waals surface area contributed by atoms with E-state index in [0.717, 1.165) is 13.1 Å². The summed E-state index contributed by atoms with van der Waals surface area (Å²) in [6.07, 6.45) is 7.33. The van der Waals surface area contributed by atoms with Gasteiger partial charge in [0.2, 0.25) is 0 Å². The molecule has 106 valence electrons. The molecule has 1 atom stereocenters. The van der Waals surface area contributed by atoms with Crippen LogP contribution < -0.4 is 5.32 Å². The van der Waals surface area contributed by atoms with Gasteiger partial charge in [-0.3, -0.25) is 9.48 Å². The lowest BCUT2D eigenvalue weighted by Crippen LogP contribution is -2.38. The predicted octanol–water partition coefficient (Wildman–Crippen LogP) is 1.27. The van der Waals surface area contributed by atoms with Crippen molar-refractivity contribution in [3.63, 3.8) is 0 Å². The third kappa shape index (κ3) is 4.35. The Morgan fingerprint density at radius 3 is 2.79 bits per heavy atom. The topological polar surface area (TPSA) is 50.2 Å². The molecule has 1 aliphatic rings. The molecule has 1 aromatic heterocycles. The standard InChI is InChI=1S/C14H24N4O/c1-12(10-18-6-4-3-5-7-18)8-15-14(19)13-9-16-17(2)11-13/h9,11-12H,3-8,10H2,1-2H3,(H,15,19). The van der Waals surface area contributed by atoms with Crippen LogP contribution in [0, 0.1) is 5.92 Å². The molecule has 0 aliphatic carbocycles. The average Bonchev–Trinajstić information content (AvgIpc) is 2.84. The number of amides is 1. The Balaban J connectivity index is 1.70. The molecule has 1 aliphatic heterocycles. The van der Waals surface area contributed by atoms with Crippen molar-refractivity contribution in [1.82, 2.24) is 20.0 Å². The second kappa shape index (κ2) is 6.70. The van der Waals surface area contributed by atoms with Gasteiger partial charge in [0.15, 0.2) is 0 Å². The van der Waals surface area contributed by atoms with Crippen molar-refractivity contribution in [3.8, 4) is 0 Å². The van der Waals surface area contributed by atoms with E-state index in [1.807, 2.05) is 7.05 Å². The first-order valence-corrected chi connectivity index (χ1v) is 7.14. The summed E-state index contributed by atoms with van der Waals surface area (Å²) in [4.78, 5) is 14.4. The lowest BCUT2D eigenvalue weighted by atomic mass is 10.1. The molecule has 2 heterocycles. The predicted molar refractivity (Wildman–Crippen MR) is 75.0 cm³/mol. The maximum atomic E-state index is 11.9. The highest BCUT2D eigenvalue weighted by atomic mass is 16.1. The van der Waals surface area contributed by atoms with Crippen LogP contribution in [0.5, 0.6) is 0 Å². The molecule has 0 spiro atoms. The van der Waals surface area contributed by atoms with E-state index in [0.29, 0.717) is 11.5 Å². The van der Waals surface area contributed by atoms with Crippen molar-refractivity contribution in [2.45, 2.75) is 26.2 Å². The zero-order chi connectivity index (χ0) is 13.7. The van der Waals surface area contributed by atoms with Crippen LogP contribution in [-0.2, 0) is 7.05 Å². The molecular weight excluding hydrogens is 240 g/mol. The molecule has 2 rings (SSSR count). The summed E-state index contributed by atoms with van der Waals surface area (Å²) in [5.74, 6) is 0.456. The van der Waals surface area contributed by atoms with Crippen molar-refractivity contribution in [1.29, 1.82) is 0 Å². The number of nitrogens with zero attached hydrogens (tertiary/aromatic N) is 3. The number of likely N-dealkylation sites (tertiary alicyclic amines) is 1. The summed E-state index contributed by atoms with van der Waals surface area (Å²) in [7, 11) is 1.82. The van der Waals surface area contributed by atoms with E-state index in [9.17, 15) is 4.79 Å². The van der Waals surface area contributed by atoms with Gasteiger partial charge >= 0.3 is 0 Å². The number of piperidine rings is 1. The van der Waals surface area contributed by atoms with Crippen LogP contribution in [-0.4, -0.2) is 46.8 Å². The van der Waals surface area contributed by atoms with Gasteiger partial charge in [0, 0.05) is 26.3 Å². The van der Waals surface area contributed by atoms with Crippen LogP contribution in [0.15, 0.2) is 12.4 Å². The number of carbonyl (C=O) groups excluding carboxylic acids is 1. The number of carbonyl (C=O) groups is 1. The summed E-state index contributed by atoms with van der Waals surface area (Å²) < 4.78 is 1.64. The minimum absolute atomic E-state index is 0.0291. The third-order valence-electron chi connectivity index (χ3n) is 3.60. The smallest absolute Gasteiger partial charge is 0.254 e. The second-order valence-corrected chi connectivity index (χ2v) is 5.58. The van der Waals surface area contributed by atoms with Crippen molar-refractivity contribution >= 4 is 5.91 Å². The third-order valence-corrected chi connectivity index (χ3v) is 3.60. The van der Waals surface area contributed by atoms with E-state index in [-0.39, 0.29) is 5.91 Å². The van der Waals surface area contributed by atoms with Gasteiger partial charge in [0.05, 0.1) is 11.8 Å². The van der Waals surface area contributed by atoms with E-state index < -0.39 is 0 Å². The van der Waals surface area contributed by atoms with E-state index in [1.165, 1.54) is 32.4 Å². The summed E-state index contributed by atoms with van der Waals surface area (Å²) in [5.41, 5.74) is 0.632. The van der Waals surface area contributed by atoms with Crippen molar-refractivity contribution < 1.29 is 4.79 Å². The summed E-state index contributed by atoms with van der Waals surface area (Å²) in [5, 5.41) is 6.99. The zero-order valence-electron chi connectivity index (χ0n) is 11.9. The fourth-order valence-corrected chi connectivity index (χ4v) is 2.55. The molecule has 1 N–H and O–H groups in total. The number of aromatic nitrogens is 2. The number of hydrogen-bond donors (Lipinski definition) is 1. The van der Waals surface area contributed by atoms with Gasteiger partial charge in [-0.05, 0) is 31.8 Å². The Morgan fingerprint density at radius 1 is 1.42 bits per heavy atom. The minimum atomic E-state index is -0.0291. The number of nitrogens with one attached hydrogen (secondary N) is 1. The van der Waals surface area contributed by atoms with Gasteiger partial charge in [0.1, 0.15) is 0 Å². The van der Waals surface area contributed by atoms with Gasteiger partial charge in [-0.15, -0.1) is 0 Å². The first kappa shape index (κ1) is 14.1. The van der Waals surface area contributed by atoms with Crippen LogP contribution >= 0.6 is 0 Å². The van der Waals surface area contributed by atoms with Crippen LogP contribution in [0.3, 0.4) is 0 Å². The molecule has 1 aromatic rings. The fourth-order valence-electron chi connectivity index (χ4n) is 2.55. The van der Waals surface area contributed by atoms with Gasteiger partial charge in [0.25, 0.3) is 5.91 Å². The quantitative estimate of drug-likeness (QED) is 0.871. The highest BCUT2D eigenvalue weighted by molar-refractivity contribution is 5.93. The first-order valence-electron chi connectivity index (χ1n) is 7.14. The van der Waals surface area contributed by atoms with Gasteiger partial charge in [-0.25, -0.2) is 0 Å². The van der Waals surface area contributed by atoms with Crippen LogP contribution in [0.4, 0.5) is 0 Å². The molecular formula is C14H24N4O. The first-order chi connectivity index (χ1) is 9.15. The molecule has 1 fully saturated rings. The summed E-state index contributed by atoms with van der Waals surface area (Å²) in [6, 6.07) is 0. The molecule has 5 heteroatoms. The van der Waals surface area contributed by atoms with Crippen molar-refractivity contribution in [2.24, 2.45) is 13.0 Å². The highest BCUT2D eigenvalue weighted by Gasteiger charge is 2.14. The van der Waals surface area contributed by atoms with Gasteiger partial charge in [-0.1, -0.05) is 13.3 Å². The second-order valence-electron chi connectivity index (χ2n) is 5.58. The molecule has 5 nitrogen and oxygen atoms in total. The summed E-state index contributed by atoms with van der Waals surface area (Å²) in [6.45, 7) is 6.41. The largest absolute Gasteiger partial charge is 0.352 e. The highest BCUT2D eigenvalue weighted by Crippen LogP contribution is 2.10. The van der Waals surface area contributed by atoms with Crippen LogP contribution in [0.2, 0.25) is 0 Å². The van der Waals surface area contributed by atoms with E-state index in [2.05, 4.69) is 22.2 Å². The number of aryl methyl sites for hydroxylation is 1. The van der Waals surface area contributed by atoms with E-state index in [1.54, 1.807) is 17.1 Å². The van der Waals surface area contributed by atoms with Crippen LogP contribution in [0.25, 0.3) is 0 Å². The maximum absolute atomic E-state index is 11.9. The lowest BCUT2D eigenvalue weighted by Gasteiger charge is -2.29. The Kier molecular flexibility index (Phi) is 4.96. The minimum Gasteiger partial charge on any atom is -0.352 e. The summed E-state index contributed by atoms with van der Waals surface area (Å²) >= 11 is 0. The molecule has 0 saturated carbocycles. The molecule has 1 amide bonds. The normalized spacial score (nSPS) is 18.2. The van der Waals surface area contributed by atoms with E-state index >= 15 is 0 Å². The molecule has 1 unspecified atom stereocenters. The average molecular weight is 264 g/mol. The fraction of sp³-hybridized carbons (Fsp3) is 0.714. The Labute approximate surface area is 115 Å². The van der Waals surface area contributed by atoms with Crippen molar-refractivity contribution in [3.05, 3.63) is 18.0 Å². The van der Waals surface area contributed by atoms with Crippen molar-refractivity contribution in [2.75, 3.05) is 26.2 Å². The monoisotopic (exact) mass is 264 g/mol. The van der Waals surface area contributed by atoms with Gasteiger partial charge < -0.3 is 10.2 Å². The molecule has 19 heavy (non-hydrogen) atoms. The maximum Gasteiger partial charge on any atom is 0.254 e. The number of hydrogen-bond acceptors (Lipinski definition) is 3. The zero-order valence-corrected chi connectivity index (χ0v) is 11.9. The SMILES string of the molecule is CC(CNC(=O)c1cnn(C)c1)CN1CCCCC1. The molecule has 0 bridgehead atoms. The Hall–Kier alpha value is -1.36. The van der Waals surface area contributed by atoms with E-state index in [4.69, 9.17) is 0 Å². The molecule has 0 aromatic carbocycles. The van der Waals surface area contributed by atoms with Gasteiger partial charge in [-0.2, -0.15) is 5.10 Å². The van der Waals surface area contributed by atoms with Crippen LogP contribution in [0.1, 0.15) is 36.5 Å². The molecule has 1 saturated heterocycles. The molecule has 0 radical (unpaired) electrons.